The second-order valence-electron chi connectivity index (χ2n) is 4.34. The number of H-pyrrole nitrogens is 1. The smallest absolute Gasteiger partial charge is 0.137 e. The molecule has 1 aromatic carbocycles. The van der Waals surface area contributed by atoms with E-state index in [4.69, 9.17) is 0 Å². The van der Waals surface area contributed by atoms with E-state index in [1.165, 1.54) is 6.07 Å². The maximum atomic E-state index is 13.7. The third-order valence-corrected chi connectivity index (χ3v) is 4.29. The van der Waals surface area contributed by atoms with E-state index < -0.39 is 0 Å². The largest absolute Gasteiger partial charge is 0.306 e. The van der Waals surface area contributed by atoms with Crippen LogP contribution in [0, 0.1) is 5.82 Å². The third kappa shape index (κ3) is 2.28. The van der Waals surface area contributed by atoms with Gasteiger partial charge in [-0.2, -0.15) is 5.10 Å². The van der Waals surface area contributed by atoms with Crippen molar-refractivity contribution in [3.05, 3.63) is 47.5 Å². The van der Waals surface area contributed by atoms with Crippen LogP contribution in [0.4, 0.5) is 4.39 Å². The molecule has 1 aliphatic heterocycles. The highest BCUT2D eigenvalue weighted by atomic mass is 32.2. The van der Waals surface area contributed by atoms with Crippen LogP contribution < -0.4 is 5.32 Å². The molecule has 1 aromatic heterocycles. The van der Waals surface area contributed by atoms with Gasteiger partial charge in [0, 0.05) is 29.2 Å². The zero-order valence-electron chi connectivity index (χ0n) is 9.82. The highest BCUT2D eigenvalue weighted by Gasteiger charge is 2.22. The van der Waals surface area contributed by atoms with Gasteiger partial charge in [-0.15, -0.1) is 11.8 Å². The number of nitrogens with zero attached hydrogens (tertiary/aromatic N) is 1. The van der Waals surface area contributed by atoms with Crippen molar-refractivity contribution in [2.45, 2.75) is 23.9 Å². The quantitative estimate of drug-likeness (QED) is 0.894. The molecule has 0 amide bonds. The van der Waals surface area contributed by atoms with E-state index >= 15 is 0 Å². The van der Waals surface area contributed by atoms with E-state index in [0.29, 0.717) is 0 Å². The highest BCUT2D eigenvalue weighted by Crippen LogP contribution is 2.37. The lowest BCUT2D eigenvalue weighted by Crippen LogP contribution is -2.24. The molecule has 3 nitrogen and oxygen atoms in total. The summed E-state index contributed by atoms with van der Waals surface area (Å²) in [6.45, 7) is 0.752. The van der Waals surface area contributed by atoms with Crippen molar-refractivity contribution in [3.8, 4) is 0 Å². The summed E-state index contributed by atoms with van der Waals surface area (Å²) in [4.78, 5) is 0.799. The minimum absolute atomic E-state index is 0.104. The fourth-order valence-corrected chi connectivity index (χ4v) is 3.35. The number of thioether (sulfide) groups is 1. The Hall–Kier alpha value is -1.33. The second kappa shape index (κ2) is 5.12. The first kappa shape index (κ1) is 11.7. The predicted molar refractivity (Wildman–Crippen MR) is 69.9 cm³/mol. The van der Waals surface area contributed by atoms with Crippen molar-refractivity contribution in [2.24, 2.45) is 0 Å². The van der Waals surface area contributed by atoms with Crippen LogP contribution in [0.15, 0.2) is 35.5 Å². The first-order valence-corrected chi connectivity index (χ1v) is 6.95. The van der Waals surface area contributed by atoms with Crippen molar-refractivity contribution in [1.29, 1.82) is 0 Å². The number of halogens is 1. The Kier molecular flexibility index (Phi) is 3.34. The summed E-state index contributed by atoms with van der Waals surface area (Å²) >= 11 is 1.61. The normalized spacial score (nSPS) is 18.6. The number of hydrogen-bond donors (Lipinski definition) is 2. The minimum atomic E-state index is -0.104. The van der Waals surface area contributed by atoms with Gasteiger partial charge >= 0.3 is 0 Å². The molecule has 18 heavy (non-hydrogen) atoms. The summed E-state index contributed by atoms with van der Waals surface area (Å²) < 4.78 is 13.7. The van der Waals surface area contributed by atoms with Crippen LogP contribution in [-0.4, -0.2) is 16.0 Å². The highest BCUT2D eigenvalue weighted by molar-refractivity contribution is 7.99. The van der Waals surface area contributed by atoms with E-state index in [-0.39, 0.29) is 11.9 Å². The van der Waals surface area contributed by atoms with E-state index in [0.717, 1.165) is 34.7 Å². The maximum Gasteiger partial charge on any atom is 0.137 e. The number of rotatable bonds is 3. The van der Waals surface area contributed by atoms with Gasteiger partial charge in [0.15, 0.2) is 0 Å². The summed E-state index contributed by atoms with van der Waals surface area (Å²) in [5.41, 5.74) is 2.20. The molecule has 0 bridgehead atoms. The van der Waals surface area contributed by atoms with Crippen LogP contribution in [0.1, 0.15) is 23.6 Å². The molecule has 1 aliphatic rings. The molecule has 1 atom stereocenters. The van der Waals surface area contributed by atoms with Crippen LogP contribution in [-0.2, 0) is 6.54 Å². The van der Waals surface area contributed by atoms with Crippen molar-refractivity contribution in [3.63, 3.8) is 0 Å². The van der Waals surface area contributed by atoms with E-state index in [1.54, 1.807) is 24.0 Å². The van der Waals surface area contributed by atoms with E-state index in [9.17, 15) is 4.39 Å². The summed E-state index contributed by atoms with van der Waals surface area (Å²) in [5.74, 6) is 0.851. The third-order valence-electron chi connectivity index (χ3n) is 3.13. The van der Waals surface area contributed by atoms with E-state index in [1.807, 2.05) is 12.3 Å². The van der Waals surface area contributed by atoms with E-state index in [2.05, 4.69) is 15.5 Å². The number of fused-ring (bicyclic) bond motifs is 1. The summed E-state index contributed by atoms with van der Waals surface area (Å²) in [5, 5.41) is 10.2. The standard InChI is InChI=1S/C13H14FN3S/c14-11-3-1-2-10-12(4-5-18-13(10)11)15-6-9-7-16-17-8-9/h1-3,7-8,12,15H,4-6H2,(H,16,17). The van der Waals surface area contributed by atoms with Crippen molar-refractivity contribution >= 4 is 11.8 Å². The molecule has 2 heterocycles. The Balaban J connectivity index is 1.77. The molecule has 2 N–H and O–H groups in total. The zero-order valence-corrected chi connectivity index (χ0v) is 10.6. The summed E-state index contributed by atoms with van der Waals surface area (Å²) in [6, 6.07) is 5.56. The fourth-order valence-electron chi connectivity index (χ4n) is 2.21. The fraction of sp³-hybridized carbons (Fsp3) is 0.308. The summed E-state index contributed by atoms with van der Waals surface area (Å²) in [6.07, 6.45) is 4.70. The molecule has 1 unspecified atom stereocenters. The summed E-state index contributed by atoms with van der Waals surface area (Å²) in [7, 11) is 0. The van der Waals surface area contributed by atoms with Gasteiger partial charge < -0.3 is 5.32 Å². The first-order chi connectivity index (χ1) is 8.84. The van der Waals surface area contributed by atoms with Crippen molar-refractivity contribution < 1.29 is 4.39 Å². The monoisotopic (exact) mass is 263 g/mol. The predicted octanol–water partition coefficient (Wildman–Crippen LogP) is 2.88. The molecule has 94 valence electrons. The Labute approximate surface area is 109 Å². The first-order valence-electron chi connectivity index (χ1n) is 5.97. The lowest BCUT2D eigenvalue weighted by Gasteiger charge is -2.26. The molecule has 0 saturated carbocycles. The minimum Gasteiger partial charge on any atom is -0.306 e. The van der Waals surface area contributed by atoms with Gasteiger partial charge in [0.05, 0.1) is 6.20 Å². The number of benzene rings is 1. The average Bonchev–Trinajstić information content (AvgIpc) is 2.90. The SMILES string of the molecule is Fc1cccc2c1SCCC2NCc1cn[nH]c1. The topological polar surface area (TPSA) is 40.7 Å². The van der Waals surface area contributed by atoms with Gasteiger partial charge in [-0.25, -0.2) is 4.39 Å². The van der Waals surface area contributed by atoms with Crippen LogP contribution >= 0.6 is 11.8 Å². The molecule has 0 saturated heterocycles. The van der Waals surface area contributed by atoms with Gasteiger partial charge in [-0.05, 0) is 23.8 Å². The Morgan fingerprint density at radius 3 is 3.28 bits per heavy atom. The Morgan fingerprint density at radius 1 is 1.50 bits per heavy atom. The second-order valence-corrected chi connectivity index (χ2v) is 5.44. The molecule has 0 radical (unpaired) electrons. The van der Waals surface area contributed by atoms with Crippen molar-refractivity contribution in [1.82, 2.24) is 15.5 Å². The van der Waals surface area contributed by atoms with Crippen LogP contribution in [0.5, 0.6) is 0 Å². The molecule has 5 heteroatoms. The molecular weight excluding hydrogens is 249 g/mol. The van der Waals surface area contributed by atoms with Gasteiger partial charge in [0.1, 0.15) is 5.82 Å². The van der Waals surface area contributed by atoms with Gasteiger partial charge in [-0.3, -0.25) is 5.10 Å². The average molecular weight is 263 g/mol. The van der Waals surface area contributed by atoms with Gasteiger partial charge in [-0.1, -0.05) is 12.1 Å². The molecule has 0 fully saturated rings. The van der Waals surface area contributed by atoms with Crippen LogP contribution in [0.3, 0.4) is 0 Å². The number of hydrogen-bond acceptors (Lipinski definition) is 3. The lowest BCUT2D eigenvalue weighted by molar-refractivity contribution is 0.496. The molecule has 0 aliphatic carbocycles. The lowest BCUT2D eigenvalue weighted by atomic mass is 10.0. The van der Waals surface area contributed by atoms with Gasteiger partial charge in [0.25, 0.3) is 0 Å². The molecule has 2 aromatic rings. The van der Waals surface area contributed by atoms with Crippen LogP contribution in [0.25, 0.3) is 0 Å². The number of aromatic amines is 1. The maximum absolute atomic E-state index is 13.7. The zero-order chi connectivity index (χ0) is 12.4. The Bertz CT molecular complexity index is 527. The van der Waals surface area contributed by atoms with Crippen LogP contribution in [0.2, 0.25) is 0 Å². The number of nitrogens with one attached hydrogen (secondary N) is 2. The molecular formula is C13H14FN3S. The molecule has 3 rings (SSSR count). The van der Waals surface area contributed by atoms with Gasteiger partial charge in [0.2, 0.25) is 0 Å². The number of aromatic nitrogens is 2. The molecule has 0 spiro atoms. The van der Waals surface area contributed by atoms with Crippen molar-refractivity contribution in [2.75, 3.05) is 5.75 Å². The Morgan fingerprint density at radius 2 is 2.44 bits per heavy atom.